The highest BCUT2D eigenvalue weighted by molar-refractivity contribution is 7.72. The molecule has 0 spiro atoms. The number of nitro benzene ring substituents is 1. The number of benzene rings is 1. The second-order valence-electron chi connectivity index (χ2n) is 3.11. The summed E-state index contributed by atoms with van der Waals surface area (Å²) in [6.45, 7) is 1.30. The van der Waals surface area contributed by atoms with E-state index >= 15 is 0 Å². The lowest BCUT2D eigenvalue weighted by Gasteiger charge is -2.06. The molecule has 0 amide bonds. The molecular weight excluding hydrogens is 250 g/mol. The molecular formula is C9H9NO6S. The van der Waals surface area contributed by atoms with Crippen LogP contribution in [0.15, 0.2) is 17.0 Å². The molecule has 0 bridgehead atoms. The van der Waals surface area contributed by atoms with Gasteiger partial charge in [0.1, 0.15) is 0 Å². The van der Waals surface area contributed by atoms with Gasteiger partial charge in [0, 0.05) is 11.6 Å². The number of ether oxygens (including phenoxy) is 1. The van der Waals surface area contributed by atoms with Crippen molar-refractivity contribution in [1.29, 1.82) is 0 Å². The molecule has 0 radical (unpaired) electrons. The number of methoxy groups -OCH3 is 1. The lowest BCUT2D eigenvalue weighted by Crippen LogP contribution is -2.09. The van der Waals surface area contributed by atoms with Crippen molar-refractivity contribution in [3.8, 4) is 0 Å². The summed E-state index contributed by atoms with van der Waals surface area (Å²) < 4.78 is 26.3. The molecule has 0 aliphatic rings. The van der Waals surface area contributed by atoms with Gasteiger partial charge in [-0.3, -0.25) is 10.1 Å². The van der Waals surface area contributed by atoms with E-state index in [0.717, 1.165) is 19.2 Å². The number of rotatable bonds is 3. The zero-order valence-corrected chi connectivity index (χ0v) is 9.89. The van der Waals surface area contributed by atoms with Crippen molar-refractivity contribution in [3.05, 3.63) is 33.4 Å². The maximum Gasteiger partial charge on any atom is 0.339 e. The summed E-state index contributed by atoms with van der Waals surface area (Å²) in [5.74, 6) is -0.916. The number of carbonyl (C=O) groups is 1. The van der Waals surface area contributed by atoms with Gasteiger partial charge in [-0.05, 0) is 13.0 Å². The summed E-state index contributed by atoms with van der Waals surface area (Å²) in [6, 6.07) is 2.06. The standard InChI is InChI=1S/C9H9NO6S/c1-5-6(10(12)13)3-4-7(17(14)15)8(5)9(11)16-2/h3-4,17H,1-2H3. The molecule has 7 nitrogen and oxygen atoms in total. The first-order valence-electron chi connectivity index (χ1n) is 4.40. The molecule has 0 fully saturated rings. The van der Waals surface area contributed by atoms with E-state index in [9.17, 15) is 23.3 Å². The molecule has 0 heterocycles. The maximum atomic E-state index is 11.4. The minimum absolute atomic E-state index is 0.0291. The van der Waals surface area contributed by atoms with Crippen molar-refractivity contribution >= 4 is 22.4 Å². The van der Waals surface area contributed by atoms with Gasteiger partial charge in [-0.1, -0.05) is 0 Å². The van der Waals surface area contributed by atoms with Crippen molar-refractivity contribution in [1.82, 2.24) is 0 Å². The van der Waals surface area contributed by atoms with Gasteiger partial charge in [0.05, 0.1) is 22.5 Å². The maximum absolute atomic E-state index is 11.4. The molecule has 0 atom stereocenters. The van der Waals surface area contributed by atoms with Crippen LogP contribution in [-0.4, -0.2) is 26.4 Å². The third kappa shape index (κ3) is 2.41. The second-order valence-corrected chi connectivity index (χ2v) is 4.11. The quantitative estimate of drug-likeness (QED) is 0.370. The highest BCUT2D eigenvalue weighted by Crippen LogP contribution is 2.26. The van der Waals surface area contributed by atoms with Gasteiger partial charge in [0.15, 0.2) is 10.7 Å². The predicted octanol–water partition coefficient (Wildman–Crippen LogP) is 0.660. The first kappa shape index (κ1) is 13.1. The Morgan fingerprint density at radius 1 is 1.41 bits per heavy atom. The van der Waals surface area contributed by atoms with Crippen LogP contribution in [0, 0.1) is 17.0 Å². The monoisotopic (exact) mass is 259 g/mol. The molecule has 0 saturated carbocycles. The fourth-order valence-corrected chi connectivity index (χ4v) is 2.03. The van der Waals surface area contributed by atoms with Crippen molar-refractivity contribution in [2.75, 3.05) is 7.11 Å². The number of nitrogens with zero attached hydrogens (tertiary/aromatic N) is 1. The summed E-state index contributed by atoms with van der Waals surface area (Å²) in [7, 11) is -1.95. The molecule has 1 aromatic rings. The van der Waals surface area contributed by atoms with E-state index in [4.69, 9.17) is 0 Å². The highest BCUT2D eigenvalue weighted by Gasteiger charge is 2.23. The van der Waals surface area contributed by atoms with Crippen molar-refractivity contribution < 1.29 is 22.9 Å². The van der Waals surface area contributed by atoms with Crippen LogP contribution in [0.4, 0.5) is 5.69 Å². The summed E-state index contributed by atoms with van der Waals surface area (Å²) in [5.41, 5.74) is -0.651. The van der Waals surface area contributed by atoms with Gasteiger partial charge in [-0.2, -0.15) is 0 Å². The third-order valence-electron chi connectivity index (χ3n) is 2.20. The Morgan fingerprint density at radius 3 is 2.41 bits per heavy atom. The van der Waals surface area contributed by atoms with Gasteiger partial charge >= 0.3 is 5.97 Å². The molecule has 0 saturated heterocycles. The van der Waals surface area contributed by atoms with E-state index in [2.05, 4.69) is 4.74 Å². The Hall–Kier alpha value is -1.96. The van der Waals surface area contributed by atoms with Gasteiger partial charge in [0.25, 0.3) is 5.69 Å². The molecule has 1 rings (SSSR count). The van der Waals surface area contributed by atoms with E-state index < -0.39 is 21.6 Å². The topological polar surface area (TPSA) is 104 Å². The Balaban J connectivity index is 3.64. The minimum Gasteiger partial charge on any atom is -0.465 e. The highest BCUT2D eigenvalue weighted by atomic mass is 32.2. The van der Waals surface area contributed by atoms with E-state index in [1.807, 2.05) is 0 Å². The van der Waals surface area contributed by atoms with Gasteiger partial charge in [-0.25, -0.2) is 13.2 Å². The Labute approximate surface area is 98.1 Å². The molecule has 17 heavy (non-hydrogen) atoms. The first-order chi connectivity index (χ1) is 7.90. The second kappa shape index (κ2) is 4.91. The van der Waals surface area contributed by atoms with Crippen LogP contribution in [0.5, 0.6) is 0 Å². The number of carbonyl (C=O) groups excluding carboxylic acids is 1. The van der Waals surface area contributed by atoms with Crippen LogP contribution >= 0.6 is 0 Å². The molecule has 0 aliphatic heterocycles. The molecule has 0 N–H and O–H groups in total. The summed E-state index contributed by atoms with van der Waals surface area (Å²) in [6.07, 6.45) is 0. The minimum atomic E-state index is -3.03. The van der Waals surface area contributed by atoms with Gasteiger partial charge in [-0.15, -0.1) is 0 Å². The van der Waals surface area contributed by atoms with Gasteiger partial charge < -0.3 is 4.74 Å². The van der Waals surface area contributed by atoms with Crippen LogP contribution in [-0.2, 0) is 15.4 Å². The fraction of sp³-hybridized carbons (Fsp3) is 0.222. The molecule has 92 valence electrons. The lowest BCUT2D eigenvalue weighted by atomic mass is 10.1. The largest absolute Gasteiger partial charge is 0.465 e. The molecule has 8 heteroatoms. The van der Waals surface area contributed by atoms with E-state index in [1.54, 1.807) is 0 Å². The SMILES string of the molecule is COC(=O)c1c([SH](=O)=O)ccc([N+](=O)[O-])c1C. The zero-order valence-electron chi connectivity index (χ0n) is 9.00. The Bertz CT molecular complexity index is 555. The number of nitro groups is 1. The Kier molecular flexibility index (Phi) is 3.79. The molecule has 0 aromatic heterocycles. The van der Waals surface area contributed by atoms with Crippen molar-refractivity contribution in [2.24, 2.45) is 0 Å². The summed E-state index contributed by atoms with van der Waals surface area (Å²) in [4.78, 5) is 21.1. The summed E-state index contributed by atoms with van der Waals surface area (Å²) >= 11 is 0. The number of hydrogen-bond acceptors (Lipinski definition) is 6. The third-order valence-corrected chi connectivity index (χ3v) is 2.96. The van der Waals surface area contributed by atoms with Crippen LogP contribution in [0.25, 0.3) is 0 Å². The average molecular weight is 259 g/mol. The fourth-order valence-electron chi connectivity index (χ4n) is 1.40. The average Bonchev–Trinajstić information content (AvgIpc) is 2.26. The molecule has 1 aromatic carbocycles. The first-order valence-corrected chi connectivity index (χ1v) is 5.58. The van der Waals surface area contributed by atoms with E-state index in [-0.39, 0.29) is 21.7 Å². The molecule has 0 unspecified atom stereocenters. The van der Waals surface area contributed by atoms with Crippen LogP contribution < -0.4 is 0 Å². The van der Waals surface area contributed by atoms with Crippen LogP contribution in [0.3, 0.4) is 0 Å². The van der Waals surface area contributed by atoms with Crippen LogP contribution in [0.1, 0.15) is 15.9 Å². The number of hydrogen-bond donors (Lipinski definition) is 1. The normalized spacial score (nSPS) is 10.3. The smallest absolute Gasteiger partial charge is 0.339 e. The molecule has 0 aliphatic carbocycles. The van der Waals surface area contributed by atoms with Crippen LogP contribution in [0.2, 0.25) is 0 Å². The van der Waals surface area contributed by atoms with Crippen molar-refractivity contribution in [2.45, 2.75) is 11.8 Å². The number of esters is 1. The van der Waals surface area contributed by atoms with Crippen molar-refractivity contribution in [3.63, 3.8) is 0 Å². The zero-order chi connectivity index (χ0) is 13.2. The predicted molar refractivity (Wildman–Crippen MR) is 57.8 cm³/mol. The Morgan fingerprint density at radius 2 is 2.00 bits per heavy atom. The van der Waals surface area contributed by atoms with Gasteiger partial charge in [0.2, 0.25) is 0 Å². The number of thiol groups is 1. The lowest BCUT2D eigenvalue weighted by molar-refractivity contribution is -0.385. The van der Waals surface area contributed by atoms with E-state index in [1.165, 1.54) is 6.92 Å². The van der Waals surface area contributed by atoms with E-state index in [0.29, 0.717) is 0 Å². The summed E-state index contributed by atoms with van der Waals surface area (Å²) in [5, 5.41) is 10.7.